The summed E-state index contributed by atoms with van der Waals surface area (Å²) in [5.41, 5.74) is 1.29. The van der Waals surface area contributed by atoms with Gasteiger partial charge >= 0.3 is 5.63 Å². The van der Waals surface area contributed by atoms with E-state index in [9.17, 15) is 9.59 Å². The summed E-state index contributed by atoms with van der Waals surface area (Å²) < 4.78 is 10.8. The highest BCUT2D eigenvalue weighted by Crippen LogP contribution is 2.23. The molecule has 2 heterocycles. The molecule has 1 amide bonds. The number of amides is 1. The maximum atomic E-state index is 12.7. The molecule has 138 valence electrons. The van der Waals surface area contributed by atoms with Crippen LogP contribution in [0.1, 0.15) is 18.4 Å². The fourth-order valence-corrected chi connectivity index (χ4v) is 3.62. The molecule has 0 spiro atoms. The summed E-state index contributed by atoms with van der Waals surface area (Å²) in [7, 11) is 0. The molecule has 0 aliphatic carbocycles. The van der Waals surface area contributed by atoms with Crippen molar-refractivity contribution < 1.29 is 13.9 Å². The first-order valence-electron chi connectivity index (χ1n) is 9.19. The lowest BCUT2D eigenvalue weighted by Gasteiger charge is -2.25. The zero-order chi connectivity index (χ0) is 18.6. The lowest BCUT2D eigenvalue weighted by molar-refractivity contribution is -0.134. The number of nitrogens with zero attached hydrogens (tertiary/aromatic N) is 1. The van der Waals surface area contributed by atoms with Gasteiger partial charge in [-0.1, -0.05) is 30.3 Å². The zero-order valence-corrected chi connectivity index (χ0v) is 15.0. The number of carbonyl (C=O) groups is 1. The normalized spacial score (nSPS) is 16.6. The number of likely N-dealkylation sites (tertiary alicyclic amines) is 1. The Balaban J connectivity index is 1.40. The van der Waals surface area contributed by atoms with Gasteiger partial charge in [0.25, 0.3) is 5.91 Å². The molecule has 1 aliphatic heterocycles. The van der Waals surface area contributed by atoms with Crippen LogP contribution in [0.25, 0.3) is 11.0 Å². The fourth-order valence-electron chi connectivity index (χ4n) is 3.62. The van der Waals surface area contributed by atoms with Crippen molar-refractivity contribution in [3.05, 3.63) is 76.6 Å². The number of carbonyl (C=O) groups excluding carboxylic acids is 1. The topological polar surface area (TPSA) is 59.8 Å². The Hall–Kier alpha value is -3.08. The first-order valence-corrected chi connectivity index (χ1v) is 9.19. The minimum absolute atomic E-state index is 0.0111. The summed E-state index contributed by atoms with van der Waals surface area (Å²) in [6.45, 7) is 0.750. The molecular weight excluding hydrogens is 342 g/mol. The van der Waals surface area contributed by atoms with E-state index in [1.165, 1.54) is 11.6 Å². The molecule has 5 nitrogen and oxygen atoms in total. The first kappa shape index (κ1) is 17.3. The number of ether oxygens (including phenoxy) is 1. The summed E-state index contributed by atoms with van der Waals surface area (Å²) in [4.78, 5) is 25.9. The van der Waals surface area contributed by atoms with E-state index < -0.39 is 5.63 Å². The SMILES string of the molecule is O=C(COc1ccc2ccc(=O)oc2c1)N1CCCC1Cc1ccccc1. The third-order valence-corrected chi connectivity index (χ3v) is 4.97. The predicted octanol–water partition coefficient (Wildman–Crippen LogP) is 3.41. The van der Waals surface area contributed by atoms with Crippen molar-refractivity contribution in [2.45, 2.75) is 25.3 Å². The Labute approximate surface area is 157 Å². The Morgan fingerprint density at radius 2 is 1.93 bits per heavy atom. The Kier molecular flexibility index (Phi) is 4.92. The van der Waals surface area contributed by atoms with Crippen molar-refractivity contribution >= 4 is 16.9 Å². The average molecular weight is 363 g/mol. The van der Waals surface area contributed by atoms with Gasteiger partial charge in [-0.15, -0.1) is 0 Å². The maximum absolute atomic E-state index is 12.7. The third-order valence-electron chi connectivity index (χ3n) is 4.97. The Bertz CT molecular complexity index is 996. The van der Waals surface area contributed by atoms with Gasteiger partial charge in [-0.3, -0.25) is 4.79 Å². The van der Waals surface area contributed by atoms with E-state index in [1.807, 2.05) is 29.2 Å². The highest BCUT2D eigenvalue weighted by atomic mass is 16.5. The molecule has 5 heteroatoms. The van der Waals surface area contributed by atoms with Crippen LogP contribution in [0, 0.1) is 0 Å². The van der Waals surface area contributed by atoms with Crippen LogP contribution in [0.2, 0.25) is 0 Å². The Morgan fingerprint density at radius 1 is 1.11 bits per heavy atom. The van der Waals surface area contributed by atoms with Crippen molar-refractivity contribution in [1.82, 2.24) is 4.90 Å². The van der Waals surface area contributed by atoms with Gasteiger partial charge in [0.15, 0.2) is 6.61 Å². The molecule has 0 saturated carbocycles. The second-order valence-electron chi connectivity index (χ2n) is 6.82. The van der Waals surface area contributed by atoms with Crippen molar-refractivity contribution in [2.24, 2.45) is 0 Å². The van der Waals surface area contributed by atoms with Gasteiger partial charge in [-0.2, -0.15) is 0 Å². The predicted molar refractivity (Wildman–Crippen MR) is 103 cm³/mol. The van der Waals surface area contributed by atoms with Crippen molar-refractivity contribution in [2.75, 3.05) is 13.2 Å². The average Bonchev–Trinajstić information content (AvgIpc) is 3.14. The maximum Gasteiger partial charge on any atom is 0.336 e. The summed E-state index contributed by atoms with van der Waals surface area (Å²) in [6, 6.07) is 18.8. The molecule has 1 aromatic heterocycles. The zero-order valence-electron chi connectivity index (χ0n) is 15.0. The van der Waals surface area contributed by atoms with Gasteiger partial charge in [-0.05, 0) is 43.0 Å². The summed E-state index contributed by atoms with van der Waals surface area (Å²) >= 11 is 0. The molecule has 2 aromatic carbocycles. The monoisotopic (exact) mass is 363 g/mol. The third kappa shape index (κ3) is 4.03. The lowest BCUT2D eigenvalue weighted by Crippen LogP contribution is -2.39. The minimum atomic E-state index is -0.406. The Morgan fingerprint density at radius 3 is 2.78 bits per heavy atom. The standard InChI is InChI=1S/C22H21NO4/c24-21(23-12-4-7-18(23)13-16-5-2-1-3-6-16)15-26-19-10-8-17-9-11-22(25)27-20(17)14-19/h1-3,5-6,8-11,14,18H,4,7,12-13,15H2. The molecule has 1 saturated heterocycles. The van der Waals surface area contributed by atoms with Gasteiger partial charge < -0.3 is 14.1 Å². The molecule has 1 atom stereocenters. The highest BCUT2D eigenvalue weighted by Gasteiger charge is 2.28. The van der Waals surface area contributed by atoms with E-state index in [2.05, 4.69) is 12.1 Å². The fraction of sp³-hybridized carbons (Fsp3) is 0.273. The van der Waals surface area contributed by atoms with Crippen molar-refractivity contribution in [1.29, 1.82) is 0 Å². The van der Waals surface area contributed by atoms with Crippen LogP contribution in [-0.4, -0.2) is 30.0 Å². The van der Waals surface area contributed by atoms with Crippen LogP contribution in [0.4, 0.5) is 0 Å². The van der Waals surface area contributed by atoms with E-state index in [4.69, 9.17) is 9.15 Å². The molecule has 0 radical (unpaired) electrons. The molecule has 4 rings (SSSR count). The molecule has 1 aliphatic rings. The van der Waals surface area contributed by atoms with E-state index in [0.29, 0.717) is 11.3 Å². The van der Waals surface area contributed by atoms with Crippen molar-refractivity contribution in [3.8, 4) is 5.75 Å². The second-order valence-corrected chi connectivity index (χ2v) is 6.82. The molecule has 1 unspecified atom stereocenters. The smallest absolute Gasteiger partial charge is 0.336 e. The number of rotatable bonds is 5. The van der Waals surface area contributed by atoms with Crippen molar-refractivity contribution in [3.63, 3.8) is 0 Å². The van der Waals surface area contributed by atoms with E-state index in [0.717, 1.165) is 31.2 Å². The van der Waals surface area contributed by atoms with Gasteiger partial charge in [0.05, 0.1) is 0 Å². The largest absolute Gasteiger partial charge is 0.484 e. The number of hydrogen-bond donors (Lipinski definition) is 0. The van der Waals surface area contributed by atoms with Gasteiger partial charge in [0.1, 0.15) is 11.3 Å². The van der Waals surface area contributed by atoms with E-state index in [-0.39, 0.29) is 18.6 Å². The molecule has 27 heavy (non-hydrogen) atoms. The number of benzene rings is 2. The van der Waals surface area contributed by atoms with Crippen LogP contribution in [0.5, 0.6) is 5.75 Å². The van der Waals surface area contributed by atoms with Gasteiger partial charge in [0.2, 0.25) is 0 Å². The van der Waals surface area contributed by atoms with Crippen LogP contribution in [0.15, 0.2) is 69.9 Å². The van der Waals surface area contributed by atoms with Crippen LogP contribution in [0.3, 0.4) is 0 Å². The minimum Gasteiger partial charge on any atom is -0.484 e. The van der Waals surface area contributed by atoms with Gasteiger partial charge in [-0.25, -0.2) is 4.79 Å². The van der Waals surface area contributed by atoms with Crippen LogP contribution >= 0.6 is 0 Å². The quantitative estimate of drug-likeness (QED) is 0.652. The number of fused-ring (bicyclic) bond motifs is 1. The molecule has 0 bridgehead atoms. The van der Waals surface area contributed by atoms with Crippen LogP contribution < -0.4 is 10.4 Å². The summed E-state index contributed by atoms with van der Waals surface area (Å²) in [6.07, 6.45) is 2.90. The number of hydrogen-bond acceptors (Lipinski definition) is 4. The summed E-state index contributed by atoms with van der Waals surface area (Å²) in [5.74, 6) is 0.507. The molecule has 1 fully saturated rings. The molecule has 0 N–H and O–H groups in total. The first-order chi connectivity index (χ1) is 13.2. The molecule has 3 aromatic rings. The lowest BCUT2D eigenvalue weighted by atomic mass is 10.0. The van der Waals surface area contributed by atoms with E-state index >= 15 is 0 Å². The highest BCUT2D eigenvalue weighted by molar-refractivity contribution is 5.80. The summed E-state index contributed by atoms with van der Waals surface area (Å²) in [5, 5.41) is 0.816. The van der Waals surface area contributed by atoms with E-state index in [1.54, 1.807) is 18.2 Å². The van der Waals surface area contributed by atoms with Gasteiger partial charge in [0, 0.05) is 30.1 Å². The molecular formula is C22H21NO4. The van der Waals surface area contributed by atoms with Crippen LogP contribution in [-0.2, 0) is 11.2 Å². The second kappa shape index (κ2) is 7.66.